The van der Waals surface area contributed by atoms with Gasteiger partial charge in [0, 0.05) is 5.69 Å². The summed E-state index contributed by atoms with van der Waals surface area (Å²) in [6.45, 7) is 0. The maximum Gasteiger partial charge on any atom is 0.266 e. The zero-order valence-electron chi connectivity index (χ0n) is 11.9. The molecule has 0 spiro atoms. The van der Waals surface area contributed by atoms with Crippen molar-refractivity contribution in [3.63, 3.8) is 0 Å². The lowest BCUT2D eigenvalue weighted by molar-refractivity contribution is -0.118. The fourth-order valence-electron chi connectivity index (χ4n) is 2.44. The van der Waals surface area contributed by atoms with Gasteiger partial charge in [0.1, 0.15) is 23.6 Å². The van der Waals surface area contributed by atoms with E-state index < -0.39 is 12.1 Å². The van der Waals surface area contributed by atoms with Crippen LogP contribution in [0.2, 0.25) is 0 Å². The van der Waals surface area contributed by atoms with Gasteiger partial charge in [-0.1, -0.05) is 30.3 Å². The van der Waals surface area contributed by atoms with E-state index in [1.807, 2.05) is 36.4 Å². The van der Waals surface area contributed by atoms with Crippen LogP contribution in [0.3, 0.4) is 0 Å². The first-order valence-corrected chi connectivity index (χ1v) is 7.30. The van der Waals surface area contributed by atoms with Crippen molar-refractivity contribution in [1.29, 1.82) is 5.26 Å². The Morgan fingerprint density at radius 2 is 1.78 bits per heavy atom. The summed E-state index contributed by atoms with van der Waals surface area (Å²) in [5, 5.41) is 12.2. The Morgan fingerprint density at radius 3 is 2.39 bits per heavy atom. The van der Waals surface area contributed by atoms with Crippen molar-refractivity contribution in [2.45, 2.75) is 6.17 Å². The van der Waals surface area contributed by atoms with E-state index in [1.54, 1.807) is 17.0 Å². The Morgan fingerprint density at radius 1 is 1.13 bits per heavy atom. The van der Waals surface area contributed by atoms with Crippen molar-refractivity contribution in [3.8, 4) is 6.07 Å². The SMILES string of the molecule is N#CC1=C(S)N(c2ccccc2)[C@H](c2ccc(F)cc2)NC1=O. The number of rotatable bonds is 2. The van der Waals surface area contributed by atoms with Crippen LogP contribution >= 0.6 is 12.6 Å². The lowest BCUT2D eigenvalue weighted by Crippen LogP contribution is -2.46. The Kier molecular flexibility index (Phi) is 4.04. The van der Waals surface area contributed by atoms with Crippen molar-refractivity contribution in [2.24, 2.45) is 0 Å². The molecule has 0 fully saturated rings. The molecule has 1 N–H and O–H groups in total. The Hall–Kier alpha value is -2.78. The van der Waals surface area contributed by atoms with Crippen molar-refractivity contribution < 1.29 is 9.18 Å². The van der Waals surface area contributed by atoms with Crippen LogP contribution in [0.5, 0.6) is 0 Å². The highest BCUT2D eigenvalue weighted by Gasteiger charge is 2.33. The largest absolute Gasteiger partial charge is 0.327 e. The van der Waals surface area contributed by atoms with Gasteiger partial charge in [-0.05, 0) is 29.8 Å². The Balaban J connectivity index is 2.14. The minimum atomic E-state index is -0.574. The number of hydrogen-bond donors (Lipinski definition) is 2. The van der Waals surface area contributed by atoms with E-state index in [1.165, 1.54) is 12.1 Å². The van der Waals surface area contributed by atoms with E-state index >= 15 is 0 Å². The van der Waals surface area contributed by atoms with Crippen LogP contribution in [-0.4, -0.2) is 5.91 Å². The molecule has 0 radical (unpaired) electrons. The highest BCUT2D eigenvalue weighted by Crippen LogP contribution is 2.35. The quantitative estimate of drug-likeness (QED) is 0.834. The summed E-state index contributed by atoms with van der Waals surface area (Å²) < 4.78 is 13.2. The van der Waals surface area contributed by atoms with Gasteiger partial charge in [0.25, 0.3) is 5.91 Å². The van der Waals surface area contributed by atoms with Gasteiger partial charge >= 0.3 is 0 Å². The Labute approximate surface area is 138 Å². The van der Waals surface area contributed by atoms with E-state index in [9.17, 15) is 14.4 Å². The number of nitrogens with zero attached hydrogens (tertiary/aromatic N) is 2. The average Bonchev–Trinajstić information content (AvgIpc) is 2.56. The number of nitrogens with one attached hydrogen (secondary N) is 1. The molecule has 0 saturated carbocycles. The summed E-state index contributed by atoms with van der Waals surface area (Å²) >= 11 is 4.38. The van der Waals surface area contributed by atoms with Gasteiger partial charge in [-0.3, -0.25) is 4.79 Å². The van der Waals surface area contributed by atoms with Crippen molar-refractivity contribution in [3.05, 3.63) is 76.6 Å². The van der Waals surface area contributed by atoms with Crippen LogP contribution in [0, 0.1) is 17.1 Å². The number of amides is 1. The predicted octanol–water partition coefficient (Wildman–Crippen LogP) is 3.13. The van der Waals surface area contributed by atoms with Gasteiger partial charge in [0.15, 0.2) is 0 Å². The minimum Gasteiger partial charge on any atom is -0.327 e. The molecular formula is C17H12FN3OS. The first-order valence-electron chi connectivity index (χ1n) is 6.86. The van der Waals surface area contributed by atoms with E-state index in [0.29, 0.717) is 5.56 Å². The van der Waals surface area contributed by atoms with Crippen LogP contribution in [0.25, 0.3) is 0 Å². The van der Waals surface area contributed by atoms with Gasteiger partial charge in [-0.2, -0.15) is 5.26 Å². The van der Waals surface area contributed by atoms with Crippen LogP contribution in [-0.2, 0) is 4.79 Å². The number of benzene rings is 2. The number of carbonyl (C=O) groups excluding carboxylic acids is 1. The fourth-order valence-corrected chi connectivity index (χ4v) is 2.83. The number of para-hydroxylation sites is 1. The van der Waals surface area contributed by atoms with Gasteiger partial charge in [0.05, 0.1) is 5.03 Å². The first kappa shape index (κ1) is 15.1. The number of anilines is 1. The van der Waals surface area contributed by atoms with E-state index in [0.717, 1.165) is 5.69 Å². The molecular weight excluding hydrogens is 313 g/mol. The molecule has 1 aliphatic rings. The molecule has 3 rings (SSSR count). The highest BCUT2D eigenvalue weighted by atomic mass is 32.1. The second kappa shape index (κ2) is 6.15. The smallest absolute Gasteiger partial charge is 0.266 e. The van der Waals surface area contributed by atoms with Gasteiger partial charge in [-0.25, -0.2) is 4.39 Å². The second-order valence-corrected chi connectivity index (χ2v) is 5.37. The lowest BCUT2D eigenvalue weighted by atomic mass is 10.1. The molecule has 2 aromatic carbocycles. The summed E-state index contributed by atoms with van der Waals surface area (Å²) in [5.74, 6) is -0.861. The summed E-state index contributed by atoms with van der Waals surface area (Å²) in [5.41, 5.74) is 1.39. The predicted molar refractivity (Wildman–Crippen MR) is 87.8 cm³/mol. The van der Waals surface area contributed by atoms with Crippen molar-refractivity contribution in [2.75, 3.05) is 4.90 Å². The molecule has 0 unspecified atom stereocenters. The number of halogens is 1. The van der Waals surface area contributed by atoms with Gasteiger partial charge in [-0.15, -0.1) is 12.6 Å². The number of nitriles is 1. The van der Waals surface area contributed by atoms with E-state index in [-0.39, 0.29) is 16.4 Å². The standard InChI is InChI=1S/C17H12FN3OS/c18-12-8-6-11(7-9-12)15-20-16(22)14(10-19)17(23)21(15)13-4-2-1-3-5-13/h1-9,15,23H,(H,20,22)/t15-/m1/s1. The zero-order chi connectivity index (χ0) is 16.4. The molecule has 23 heavy (non-hydrogen) atoms. The van der Waals surface area contributed by atoms with Crippen LogP contribution in [0.4, 0.5) is 10.1 Å². The third kappa shape index (κ3) is 2.79. The first-order chi connectivity index (χ1) is 11.1. The maximum absolute atomic E-state index is 13.2. The minimum absolute atomic E-state index is 0.0597. The number of thiol groups is 1. The fraction of sp³-hybridized carbons (Fsp3) is 0.0588. The molecule has 1 amide bonds. The van der Waals surface area contributed by atoms with Crippen molar-refractivity contribution >= 4 is 24.2 Å². The van der Waals surface area contributed by atoms with E-state index in [2.05, 4.69) is 17.9 Å². The summed E-state index contributed by atoms with van der Waals surface area (Å²) in [7, 11) is 0. The maximum atomic E-state index is 13.2. The number of carbonyl (C=O) groups is 1. The van der Waals surface area contributed by atoms with Crippen molar-refractivity contribution in [1.82, 2.24) is 5.32 Å². The molecule has 1 heterocycles. The second-order valence-electron chi connectivity index (χ2n) is 4.94. The number of hydrogen-bond acceptors (Lipinski definition) is 4. The molecule has 4 nitrogen and oxygen atoms in total. The molecule has 1 aliphatic heterocycles. The van der Waals surface area contributed by atoms with Crippen LogP contribution in [0.15, 0.2) is 65.2 Å². The molecule has 0 bridgehead atoms. The summed E-state index contributed by atoms with van der Waals surface area (Å²) in [4.78, 5) is 13.9. The zero-order valence-corrected chi connectivity index (χ0v) is 12.8. The average molecular weight is 325 g/mol. The third-order valence-electron chi connectivity index (χ3n) is 3.54. The molecule has 0 aromatic heterocycles. The van der Waals surface area contributed by atoms with Gasteiger partial charge < -0.3 is 10.2 Å². The van der Waals surface area contributed by atoms with Crippen LogP contribution < -0.4 is 10.2 Å². The third-order valence-corrected chi connectivity index (χ3v) is 3.98. The lowest BCUT2D eigenvalue weighted by Gasteiger charge is -2.38. The molecule has 1 atom stereocenters. The van der Waals surface area contributed by atoms with Gasteiger partial charge in [0.2, 0.25) is 0 Å². The summed E-state index contributed by atoms with van der Waals surface area (Å²) in [6, 6.07) is 17.0. The highest BCUT2D eigenvalue weighted by molar-refractivity contribution is 7.84. The Bertz CT molecular complexity index is 812. The molecule has 0 saturated heterocycles. The van der Waals surface area contributed by atoms with Crippen LogP contribution in [0.1, 0.15) is 11.7 Å². The molecule has 114 valence electrons. The normalized spacial score (nSPS) is 17.7. The topological polar surface area (TPSA) is 56.1 Å². The molecule has 0 aliphatic carbocycles. The summed E-state index contributed by atoms with van der Waals surface area (Å²) in [6.07, 6.45) is -0.574. The monoisotopic (exact) mass is 325 g/mol. The molecule has 2 aromatic rings. The molecule has 6 heteroatoms. The van der Waals surface area contributed by atoms with E-state index in [4.69, 9.17) is 0 Å².